The molecule has 3 N–H and O–H groups in total. The lowest BCUT2D eigenvalue weighted by Crippen LogP contribution is -2.39. The number of hydrogen-bond acceptors (Lipinski definition) is 8. The summed E-state index contributed by atoms with van der Waals surface area (Å²) < 4.78 is 8.12. The van der Waals surface area contributed by atoms with Crippen molar-refractivity contribution >= 4 is 28.9 Å². The number of methoxy groups -OCH3 is 1. The molecule has 0 radical (unpaired) electrons. The van der Waals surface area contributed by atoms with Gasteiger partial charge >= 0.3 is 0 Å². The zero-order chi connectivity index (χ0) is 23.7. The lowest BCUT2D eigenvalue weighted by Gasteiger charge is -2.26. The number of aromatic nitrogens is 5. The van der Waals surface area contributed by atoms with Crippen LogP contribution in [0.25, 0.3) is 11.5 Å². The Morgan fingerprint density at radius 1 is 1.21 bits per heavy atom. The van der Waals surface area contributed by atoms with Crippen molar-refractivity contribution in [2.24, 2.45) is 0 Å². The Morgan fingerprint density at radius 2 is 2.06 bits per heavy atom. The second kappa shape index (κ2) is 8.85. The van der Waals surface area contributed by atoms with Crippen molar-refractivity contribution in [2.45, 2.75) is 25.3 Å². The maximum absolute atomic E-state index is 13.1. The van der Waals surface area contributed by atoms with Gasteiger partial charge in [-0.1, -0.05) is 0 Å². The maximum Gasteiger partial charge on any atom is 0.279 e. The fraction of sp³-hybridized carbons (Fsp3) is 0.261. The van der Waals surface area contributed by atoms with E-state index < -0.39 is 0 Å². The average Bonchev–Trinajstić information content (AvgIpc) is 3.26. The molecular formula is C23H24N8O3. The highest BCUT2D eigenvalue weighted by Crippen LogP contribution is 2.23. The van der Waals surface area contributed by atoms with E-state index in [2.05, 4.69) is 31.0 Å². The Morgan fingerprint density at radius 3 is 2.74 bits per heavy atom. The number of nitrogens with one attached hydrogen (secondary N) is 3. The van der Waals surface area contributed by atoms with Crippen LogP contribution >= 0.6 is 0 Å². The van der Waals surface area contributed by atoms with Crippen LogP contribution in [0.1, 0.15) is 29.6 Å². The SMILES string of the molecule is CNc1cc(Nc2cccn(-c3ccc(OC)cn3)c2=O)nc2c(C(=O)NC3CCC3)cnn12. The summed E-state index contributed by atoms with van der Waals surface area (Å²) in [5.74, 6) is 1.86. The molecule has 34 heavy (non-hydrogen) atoms. The Bertz CT molecular complexity index is 1410. The second-order valence-electron chi connectivity index (χ2n) is 7.95. The number of anilines is 3. The molecule has 0 saturated heterocycles. The summed E-state index contributed by atoms with van der Waals surface area (Å²) in [6.07, 6.45) is 7.78. The van der Waals surface area contributed by atoms with E-state index in [1.54, 1.807) is 61.4 Å². The zero-order valence-corrected chi connectivity index (χ0v) is 18.8. The minimum Gasteiger partial charge on any atom is -0.495 e. The van der Waals surface area contributed by atoms with Crippen molar-refractivity contribution in [2.75, 3.05) is 24.8 Å². The van der Waals surface area contributed by atoms with E-state index >= 15 is 0 Å². The molecule has 1 aliphatic carbocycles. The van der Waals surface area contributed by atoms with Crippen LogP contribution in [-0.2, 0) is 0 Å². The van der Waals surface area contributed by atoms with E-state index in [0.29, 0.717) is 40.1 Å². The first-order chi connectivity index (χ1) is 16.6. The van der Waals surface area contributed by atoms with Crippen LogP contribution in [0.5, 0.6) is 5.75 Å². The predicted octanol–water partition coefficient (Wildman–Crippen LogP) is 2.35. The summed E-state index contributed by atoms with van der Waals surface area (Å²) in [4.78, 5) is 34.8. The number of fused-ring (bicyclic) bond motifs is 1. The van der Waals surface area contributed by atoms with Gasteiger partial charge < -0.3 is 20.7 Å². The molecule has 11 heteroatoms. The van der Waals surface area contributed by atoms with Gasteiger partial charge in [-0.3, -0.25) is 14.2 Å². The molecule has 1 fully saturated rings. The number of amides is 1. The summed E-state index contributed by atoms with van der Waals surface area (Å²) >= 11 is 0. The van der Waals surface area contributed by atoms with Gasteiger partial charge in [-0.15, -0.1) is 0 Å². The zero-order valence-electron chi connectivity index (χ0n) is 18.8. The fourth-order valence-corrected chi connectivity index (χ4v) is 3.72. The third-order valence-electron chi connectivity index (χ3n) is 5.83. The highest BCUT2D eigenvalue weighted by molar-refractivity contribution is 6.00. The quantitative estimate of drug-likeness (QED) is 0.384. The number of hydrogen-bond donors (Lipinski definition) is 3. The Labute approximate surface area is 194 Å². The molecule has 174 valence electrons. The van der Waals surface area contributed by atoms with Crippen LogP contribution in [0.2, 0.25) is 0 Å². The van der Waals surface area contributed by atoms with Gasteiger partial charge in [0, 0.05) is 25.4 Å². The topological polar surface area (TPSA) is 127 Å². The number of carbonyl (C=O) groups excluding carboxylic acids is 1. The number of nitrogens with zero attached hydrogens (tertiary/aromatic N) is 5. The van der Waals surface area contributed by atoms with Gasteiger partial charge in [0.2, 0.25) is 0 Å². The molecule has 0 unspecified atom stereocenters. The molecule has 1 saturated carbocycles. The summed E-state index contributed by atoms with van der Waals surface area (Å²) in [7, 11) is 3.30. The van der Waals surface area contributed by atoms with Crippen molar-refractivity contribution in [3.05, 3.63) is 64.8 Å². The number of pyridine rings is 2. The smallest absolute Gasteiger partial charge is 0.279 e. The van der Waals surface area contributed by atoms with Gasteiger partial charge in [0.1, 0.15) is 34.5 Å². The molecule has 4 aromatic heterocycles. The van der Waals surface area contributed by atoms with Gasteiger partial charge in [-0.2, -0.15) is 9.61 Å². The lowest BCUT2D eigenvalue weighted by atomic mass is 9.93. The van der Waals surface area contributed by atoms with E-state index in [4.69, 9.17) is 4.74 Å². The van der Waals surface area contributed by atoms with Crippen LogP contribution in [-0.4, -0.2) is 50.3 Å². The highest BCUT2D eigenvalue weighted by Gasteiger charge is 2.23. The number of rotatable bonds is 7. The molecule has 1 amide bonds. The van der Waals surface area contributed by atoms with E-state index in [1.807, 2.05) is 0 Å². The van der Waals surface area contributed by atoms with Crippen LogP contribution in [0.15, 0.2) is 53.7 Å². The van der Waals surface area contributed by atoms with E-state index in [9.17, 15) is 9.59 Å². The number of ether oxygens (including phenoxy) is 1. The van der Waals surface area contributed by atoms with Gasteiger partial charge in [0.25, 0.3) is 11.5 Å². The molecular weight excluding hydrogens is 436 g/mol. The molecule has 0 spiro atoms. The van der Waals surface area contributed by atoms with Crippen molar-refractivity contribution < 1.29 is 9.53 Å². The number of carbonyl (C=O) groups is 1. The molecule has 0 bridgehead atoms. The first kappa shape index (κ1) is 21.4. The average molecular weight is 460 g/mol. The largest absolute Gasteiger partial charge is 0.495 e. The molecule has 4 aromatic rings. The summed E-state index contributed by atoms with van der Waals surface area (Å²) in [5, 5.41) is 13.5. The maximum atomic E-state index is 13.1. The van der Waals surface area contributed by atoms with Gasteiger partial charge in [-0.05, 0) is 43.5 Å². The molecule has 0 aromatic carbocycles. The standard InChI is InChI=1S/C23H24N8O3/c1-24-20-11-18(29-21-16(13-26-31(20)21)22(32)27-14-5-3-6-14)28-17-7-4-10-30(23(17)33)19-9-8-15(34-2)12-25-19/h4,7-14,24H,3,5-6H2,1-2H3,(H,27,32)(H,28,29). The third-order valence-corrected chi connectivity index (χ3v) is 5.83. The monoisotopic (exact) mass is 460 g/mol. The molecule has 0 atom stereocenters. The van der Waals surface area contributed by atoms with Crippen molar-refractivity contribution in [3.8, 4) is 11.6 Å². The van der Waals surface area contributed by atoms with E-state index in [1.165, 1.54) is 10.8 Å². The Balaban J connectivity index is 1.49. The predicted molar refractivity (Wildman–Crippen MR) is 127 cm³/mol. The normalized spacial score (nSPS) is 13.4. The van der Waals surface area contributed by atoms with Crippen molar-refractivity contribution in [3.63, 3.8) is 0 Å². The third kappa shape index (κ3) is 3.91. The molecule has 0 aliphatic heterocycles. The molecule has 4 heterocycles. The van der Waals surface area contributed by atoms with E-state index in [-0.39, 0.29) is 17.5 Å². The Hall–Kier alpha value is -4.41. The van der Waals surface area contributed by atoms with Crippen LogP contribution in [0, 0.1) is 0 Å². The first-order valence-electron chi connectivity index (χ1n) is 10.9. The van der Waals surface area contributed by atoms with Crippen molar-refractivity contribution in [1.29, 1.82) is 0 Å². The fourth-order valence-electron chi connectivity index (χ4n) is 3.72. The van der Waals surface area contributed by atoms with Gasteiger partial charge in [-0.25, -0.2) is 9.97 Å². The minimum absolute atomic E-state index is 0.196. The molecule has 11 nitrogen and oxygen atoms in total. The highest BCUT2D eigenvalue weighted by atomic mass is 16.5. The van der Waals surface area contributed by atoms with Crippen LogP contribution in [0.4, 0.5) is 17.3 Å². The summed E-state index contributed by atoms with van der Waals surface area (Å²) in [6.45, 7) is 0. The lowest BCUT2D eigenvalue weighted by molar-refractivity contribution is 0.0918. The minimum atomic E-state index is -0.302. The Kier molecular flexibility index (Phi) is 5.58. The molecule has 1 aliphatic rings. The summed E-state index contributed by atoms with van der Waals surface area (Å²) in [5.41, 5.74) is 0.766. The van der Waals surface area contributed by atoms with Gasteiger partial charge in [0.05, 0.1) is 19.5 Å². The van der Waals surface area contributed by atoms with Crippen LogP contribution < -0.4 is 26.2 Å². The van der Waals surface area contributed by atoms with E-state index in [0.717, 1.165) is 19.3 Å². The van der Waals surface area contributed by atoms with Gasteiger partial charge in [0.15, 0.2) is 5.65 Å². The molecule has 5 rings (SSSR count). The summed E-state index contributed by atoms with van der Waals surface area (Å²) in [6, 6.07) is 8.75. The van der Waals surface area contributed by atoms with Crippen LogP contribution in [0.3, 0.4) is 0 Å². The van der Waals surface area contributed by atoms with Crippen molar-refractivity contribution in [1.82, 2.24) is 29.5 Å². The first-order valence-corrected chi connectivity index (χ1v) is 10.9. The second-order valence-corrected chi connectivity index (χ2v) is 7.95.